The van der Waals surface area contributed by atoms with Gasteiger partial charge in [-0.2, -0.15) is 10.5 Å². The molecule has 6 rings (SSSR count). The van der Waals surface area contributed by atoms with Gasteiger partial charge in [0, 0.05) is 68.7 Å². The summed E-state index contributed by atoms with van der Waals surface area (Å²) in [5.41, 5.74) is 6.89. The van der Waals surface area contributed by atoms with E-state index in [0.717, 1.165) is 52.0 Å². The van der Waals surface area contributed by atoms with Crippen molar-refractivity contribution in [3.8, 4) is 12.1 Å². The zero-order valence-electron chi connectivity index (χ0n) is 28.0. The lowest BCUT2D eigenvalue weighted by atomic mass is 10.1. The summed E-state index contributed by atoms with van der Waals surface area (Å²) >= 11 is 14.0. The average molecular weight is 985 g/mol. The van der Waals surface area contributed by atoms with E-state index in [9.17, 15) is 15.1 Å². The van der Waals surface area contributed by atoms with Crippen molar-refractivity contribution < 1.29 is 13.6 Å². The lowest BCUT2D eigenvalue weighted by Gasteiger charge is -2.25. The number of nitriles is 2. The van der Waals surface area contributed by atoms with E-state index in [4.69, 9.17) is 9.05 Å². The largest absolute Gasteiger partial charge is 0.806 e. The first-order valence-corrected chi connectivity index (χ1v) is 20.4. The standard InChI is InChI=1S/C42H26Br4N4O3P/c43-31-5-17-37(18-6-31)49(38-19-7-32(44)8-20-38)35-13-1-29(2-14-35)25-41(27-47)52-54(51)53-42(28-48)26-30-3-15-36(16-4-30)50(39-21-9-33(45)10-22-39)40-23-11-34(46)12-24-40/h1-26H/q+1. The van der Waals surface area contributed by atoms with Crippen molar-refractivity contribution in [3.63, 3.8) is 0 Å². The number of allylic oxidation sites excluding steroid dienone is 2. The highest BCUT2D eigenvalue weighted by Gasteiger charge is 2.27. The second kappa shape index (κ2) is 18.4. The third-order valence-electron chi connectivity index (χ3n) is 7.80. The van der Waals surface area contributed by atoms with Gasteiger partial charge < -0.3 is 9.80 Å². The van der Waals surface area contributed by atoms with Crippen molar-refractivity contribution in [1.82, 2.24) is 0 Å². The summed E-state index contributed by atoms with van der Waals surface area (Å²) in [7, 11) is -2.89. The molecule has 264 valence electrons. The minimum Gasteiger partial charge on any atom is -0.311 e. The van der Waals surface area contributed by atoms with Crippen molar-refractivity contribution >= 4 is 118 Å². The Kier molecular flexibility index (Phi) is 13.2. The third kappa shape index (κ3) is 10.1. The predicted molar refractivity (Wildman–Crippen MR) is 230 cm³/mol. The van der Waals surface area contributed by atoms with Crippen LogP contribution in [0.25, 0.3) is 12.2 Å². The van der Waals surface area contributed by atoms with Crippen molar-refractivity contribution in [3.05, 3.63) is 186 Å². The van der Waals surface area contributed by atoms with E-state index in [1.807, 2.05) is 158 Å². The lowest BCUT2D eigenvalue weighted by Crippen LogP contribution is -2.09. The van der Waals surface area contributed by atoms with Crippen molar-refractivity contribution in [2.75, 3.05) is 9.80 Å². The Bertz CT molecular complexity index is 2130. The summed E-state index contributed by atoms with van der Waals surface area (Å²) in [6.07, 6.45) is 2.92. The third-order valence-corrected chi connectivity index (χ3v) is 10.6. The van der Waals surface area contributed by atoms with E-state index in [-0.39, 0.29) is 11.5 Å². The summed E-state index contributed by atoms with van der Waals surface area (Å²) in [6, 6.07) is 50.8. The molecular formula is C42H26Br4N4O3P+. The molecule has 0 amide bonds. The Morgan fingerprint density at radius 2 is 0.667 bits per heavy atom. The molecular weight excluding hydrogens is 959 g/mol. The molecule has 0 saturated heterocycles. The minimum absolute atomic E-state index is 0.232. The van der Waals surface area contributed by atoms with Crippen molar-refractivity contribution in [2.45, 2.75) is 0 Å². The van der Waals surface area contributed by atoms with Crippen LogP contribution in [0, 0.1) is 22.7 Å². The van der Waals surface area contributed by atoms with Crippen LogP contribution in [-0.2, 0) is 13.6 Å². The molecule has 0 radical (unpaired) electrons. The van der Waals surface area contributed by atoms with Gasteiger partial charge in [0.25, 0.3) is 11.5 Å². The fourth-order valence-electron chi connectivity index (χ4n) is 5.33. The highest BCUT2D eigenvalue weighted by atomic mass is 79.9. The quantitative estimate of drug-likeness (QED) is 0.0685. The molecule has 0 heterocycles. The summed E-state index contributed by atoms with van der Waals surface area (Å²) in [5, 5.41) is 19.6. The van der Waals surface area contributed by atoms with Gasteiger partial charge in [0.2, 0.25) is 0 Å². The summed E-state index contributed by atoms with van der Waals surface area (Å²) in [6.45, 7) is 0. The molecule has 0 aliphatic heterocycles. The van der Waals surface area contributed by atoms with Crippen LogP contribution in [-0.4, -0.2) is 0 Å². The van der Waals surface area contributed by atoms with Gasteiger partial charge >= 0.3 is 8.25 Å². The maximum absolute atomic E-state index is 12.9. The van der Waals surface area contributed by atoms with Gasteiger partial charge in [-0.3, -0.25) is 0 Å². The molecule has 12 heteroatoms. The molecule has 0 N–H and O–H groups in total. The van der Waals surface area contributed by atoms with Crippen molar-refractivity contribution in [1.29, 1.82) is 10.5 Å². The normalized spacial score (nSPS) is 11.6. The van der Waals surface area contributed by atoms with Gasteiger partial charge in [-0.1, -0.05) is 88.0 Å². The predicted octanol–water partition coefficient (Wildman–Crippen LogP) is 14.8. The highest BCUT2D eigenvalue weighted by molar-refractivity contribution is 9.11. The molecule has 0 aromatic heterocycles. The lowest BCUT2D eigenvalue weighted by molar-refractivity contribution is 0.335. The number of halogens is 4. The molecule has 7 nitrogen and oxygen atoms in total. The number of benzene rings is 6. The molecule has 6 aromatic rings. The van der Waals surface area contributed by atoms with Gasteiger partial charge in [-0.05, 0) is 132 Å². The van der Waals surface area contributed by atoms with Gasteiger partial charge in [-0.25, -0.2) is 9.05 Å². The number of hydrogen-bond acceptors (Lipinski definition) is 7. The average Bonchev–Trinajstić information content (AvgIpc) is 3.18. The van der Waals surface area contributed by atoms with Gasteiger partial charge in [-0.15, -0.1) is 0 Å². The molecule has 0 unspecified atom stereocenters. The Morgan fingerprint density at radius 3 is 0.889 bits per heavy atom. The molecule has 0 aliphatic carbocycles. The van der Waals surface area contributed by atoms with Crippen LogP contribution in [0.1, 0.15) is 11.1 Å². The van der Waals surface area contributed by atoms with Crippen LogP contribution in [0.4, 0.5) is 34.1 Å². The fourth-order valence-corrected chi connectivity index (χ4v) is 6.94. The first kappa shape index (κ1) is 38.7. The maximum atomic E-state index is 12.9. The molecule has 6 aromatic carbocycles. The van der Waals surface area contributed by atoms with Gasteiger partial charge in [0.15, 0.2) is 0 Å². The van der Waals surface area contributed by atoms with Gasteiger partial charge in [0.05, 0.1) is 0 Å². The number of hydrogen-bond donors (Lipinski definition) is 0. The number of nitrogens with zero attached hydrogens (tertiary/aromatic N) is 4. The number of anilines is 6. The summed E-state index contributed by atoms with van der Waals surface area (Å²) < 4.78 is 27.4. The fraction of sp³-hybridized carbons (Fsp3) is 0. The van der Waals surface area contributed by atoms with E-state index in [1.54, 1.807) is 0 Å². The zero-order valence-corrected chi connectivity index (χ0v) is 35.2. The summed E-state index contributed by atoms with van der Waals surface area (Å²) in [4.78, 5) is 4.20. The molecule has 0 fully saturated rings. The summed E-state index contributed by atoms with van der Waals surface area (Å²) in [5.74, 6) is -0.465. The van der Waals surface area contributed by atoms with Crippen LogP contribution in [0.3, 0.4) is 0 Å². The van der Waals surface area contributed by atoms with E-state index in [1.165, 1.54) is 12.2 Å². The van der Waals surface area contributed by atoms with E-state index in [2.05, 4.69) is 73.5 Å². The smallest absolute Gasteiger partial charge is 0.311 e. The van der Waals surface area contributed by atoms with Crippen LogP contribution >= 0.6 is 72.0 Å². The maximum Gasteiger partial charge on any atom is 0.806 e. The Morgan fingerprint density at radius 1 is 0.444 bits per heavy atom. The zero-order chi connectivity index (χ0) is 38.0. The second-order valence-corrected chi connectivity index (χ2v) is 15.9. The van der Waals surface area contributed by atoms with Crippen LogP contribution in [0.5, 0.6) is 0 Å². The topological polar surface area (TPSA) is 89.6 Å². The SMILES string of the molecule is N#CC(=Cc1ccc(N(c2ccc(Br)cc2)c2ccc(Br)cc2)cc1)O[P+](=O)OC(C#N)=Cc1ccc(N(c2ccc(Br)cc2)c2ccc(Br)cc2)cc1. The van der Waals surface area contributed by atoms with Gasteiger partial charge in [0.1, 0.15) is 12.1 Å². The highest BCUT2D eigenvalue weighted by Crippen LogP contribution is 2.38. The Hall–Kier alpha value is -5.00. The first-order valence-electron chi connectivity index (χ1n) is 16.1. The molecule has 0 atom stereocenters. The molecule has 0 spiro atoms. The van der Waals surface area contributed by atoms with E-state index < -0.39 is 8.25 Å². The molecule has 0 aliphatic rings. The molecule has 54 heavy (non-hydrogen) atoms. The van der Waals surface area contributed by atoms with Crippen molar-refractivity contribution in [2.24, 2.45) is 0 Å². The van der Waals surface area contributed by atoms with E-state index in [0.29, 0.717) is 11.1 Å². The molecule has 0 bridgehead atoms. The Labute approximate surface area is 347 Å². The monoisotopic (exact) mass is 981 g/mol. The molecule has 0 saturated carbocycles. The first-order chi connectivity index (χ1) is 26.2. The van der Waals surface area contributed by atoms with E-state index >= 15 is 0 Å². The Balaban J connectivity index is 1.15. The van der Waals surface area contributed by atoms with Crippen LogP contribution in [0.2, 0.25) is 0 Å². The van der Waals surface area contributed by atoms with Crippen LogP contribution < -0.4 is 9.80 Å². The second-order valence-electron chi connectivity index (χ2n) is 11.4. The van der Waals surface area contributed by atoms with Crippen LogP contribution in [0.15, 0.2) is 175 Å². The minimum atomic E-state index is -2.89. The number of rotatable bonds is 12.